The van der Waals surface area contributed by atoms with Crippen molar-refractivity contribution in [3.05, 3.63) is 42.5 Å². The van der Waals surface area contributed by atoms with Gasteiger partial charge in [-0.05, 0) is 63.2 Å². The number of hydrogen-bond acceptors (Lipinski definition) is 6. The normalized spacial score (nSPS) is 16.4. The van der Waals surface area contributed by atoms with Gasteiger partial charge in [-0.3, -0.25) is 0 Å². The first kappa shape index (κ1) is 20.7. The molecule has 0 aliphatic carbocycles. The van der Waals surface area contributed by atoms with Crippen molar-refractivity contribution in [2.75, 3.05) is 19.9 Å². The first-order chi connectivity index (χ1) is 14.4. The Balaban J connectivity index is 1.27. The highest BCUT2D eigenvalue weighted by Gasteiger charge is 2.27. The molecule has 1 saturated heterocycles. The van der Waals surface area contributed by atoms with Crippen LogP contribution in [-0.2, 0) is 4.74 Å². The zero-order valence-electron chi connectivity index (χ0n) is 17.6. The number of ether oxygens (including phenoxy) is 4. The first-order valence-corrected chi connectivity index (χ1v) is 11.0. The van der Waals surface area contributed by atoms with Crippen LogP contribution in [0.5, 0.6) is 17.2 Å². The second-order valence-corrected chi connectivity index (χ2v) is 9.52. The third-order valence-electron chi connectivity index (χ3n) is 4.80. The Labute approximate surface area is 181 Å². The summed E-state index contributed by atoms with van der Waals surface area (Å²) in [6.45, 7) is 7.24. The van der Waals surface area contributed by atoms with Crippen LogP contribution in [0.3, 0.4) is 0 Å². The third kappa shape index (κ3) is 5.33. The van der Waals surface area contributed by atoms with E-state index in [1.807, 2.05) is 51.1 Å². The van der Waals surface area contributed by atoms with E-state index in [0.717, 1.165) is 39.9 Å². The van der Waals surface area contributed by atoms with Crippen LogP contribution < -0.4 is 14.2 Å². The van der Waals surface area contributed by atoms with E-state index in [1.54, 1.807) is 16.7 Å². The van der Waals surface area contributed by atoms with E-state index < -0.39 is 5.60 Å². The van der Waals surface area contributed by atoms with E-state index in [1.165, 1.54) is 0 Å². The van der Waals surface area contributed by atoms with Gasteiger partial charge in [0.1, 0.15) is 17.5 Å². The topological polar surface area (TPSA) is 57.2 Å². The minimum Gasteiger partial charge on any atom is -0.490 e. The van der Waals surface area contributed by atoms with Crippen LogP contribution in [-0.4, -0.2) is 42.6 Å². The fraction of sp³-hybridized carbons (Fsp3) is 0.435. The van der Waals surface area contributed by atoms with Crippen molar-refractivity contribution in [1.82, 2.24) is 4.90 Å². The van der Waals surface area contributed by atoms with Crippen molar-refractivity contribution >= 4 is 17.9 Å². The van der Waals surface area contributed by atoms with Gasteiger partial charge in [0.2, 0.25) is 6.79 Å². The number of likely N-dealkylation sites (tertiary alicyclic amines) is 1. The Morgan fingerprint density at radius 1 is 1.00 bits per heavy atom. The average Bonchev–Trinajstić information content (AvgIpc) is 3.17. The molecular formula is C23H27NO5S. The van der Waals surface area contributed by atoms with E-state index in [2.05, 4.69) is 12.1 Å². The summed E-state index contributed by atoms with van der Waals surface area (Å²) in [7, 11) is 0. The molecular weight excluding hydrogens is 402 g/mol. The Morgan fingerprint density at radius 2 is 1.67 bits per heavy atom. The Kier molecular flexibility index (Phi) is 5.99. The molecule has 6 nitrogen and oxygen atoms in total. The molecule has 2 aromatic rings. The molecule has 0 spiro atoms. The Morgan fingerprint density at radius 3 is 2.37 bits per heavy atom. The maximum atomic E-state index is 12.2. The first-order valence-electron chi connectivity index (χ1n) is 10.2. The van der Waals surface area contributed by atoms with Crippen LogP contribution in [0.15, 0.2) is 52.3 Å². The maximum absolute atomic E-state index is 12.2. The van der Waals surface area contributed by atoms with E-state index in [0.29, 0.717) is 13.1 Å². The van der Waals surface area contributed by atoms with Gasteiger partial charge >= 0.3 is 6.09 Å². The summed E-state index contributed by atoms with van der Waals surface area (Å²) >= 11 is 1.67. The summed E-state index contributed by atoms with van der Waals surface area (Å²) in [5.74, 6) is 2.43. The third-order valence-corrected chi connectivity index (χ3v) is 5.80. The van der Waals surface area contributed by atoms with E-state index in [9.17, 15) is 4.79 Å². The van der Waals surface area contributed by atoms with Crippen molar-refractivity contribution in [3.63, 3.8) is 0 Å². The smallest absolute Gasteiger partial charge is 0.410 e. The number of nitrogens with zero attached hydrogens (tertiary/aromatic N) is 1. The van der Waals surface area contributed by atoms with Crippen LogP contribution >= 0.6 is 11.8 Å². The van der Waals surface area contributed by atoms with Crippen molar-refractivity contribution < 1.29 is 23.7 Å². The molecule has 2 aliphatic rings. The standard InChI is InChI=1S/C23H27NO5S/c1-23(2,3)29-22(25)24-12-10-17(11-13-24)28-16-4-6-18(7-5-16)30-19-8-9-20-21(14-19)27-15-26-20/h4-9,14,17H,10-13,15H2,1-3H3. The minimum absolute atomic E-state index is 0.107. The zero-order valence-corrected chi connectivity index (χ0v) is 18.4. The fourth-order valence-electron chi connectivity index (χ4n) is 3.34. The minimum atomic E-state index is -0.467. The van der Waals surface area contributed by atoms with Gasteiger partial charge in [0.25, 0.3) is 0 Å². The number of fused-ring (bicyclic) bond motifs is 1. The van der Waals surface area contributed by atoms with E-state index >= 15 is 0 Å². The van der Waals surface area contributed by atoms with Crippen LogP contribution in [0.2, 0.25) is 0 Å². The van der Waals surface area contributed by atoms with Gasteiger partial charge in [0.15, 0.2) is 11.5 Å². The Hall–Kier alpha value is -2.54. The SMILES string of the molecule is CC(C)(C)OC(=O)N1CCC(Oc2ccc(Sc3ccc4c(c3)OCO4)cc2)CC1. The molecule has 7 heteroatoms. The molecule has 2 heterocycles. The summed E-state index contributed by atoms with van der Waals surface area (Å²) in [6.07, 6.45) is 1.46. The van der Waals surface area contributed by atoms with Crippen molar-refractivity contribution in [2.24, 2.45) is 0 Å². The molecule has 160 valence electrons. The lowest BCUT2D eigenvalue weighted by molar-refractivity contribution is 0.0126. The number of benzene rings is 2. The molecule has 2 aliphatic heterocycles. The lowest BCUT2D eigenvalue weighted by atomic mass is 10.1. The highest BCUT2D eigenvalue weighted by Crippen LogP contribution is 2.38. The number of piperidine rings is 1. The Bertz CT molecular complexity index is 885. The molecule has 0 N–H and O–H groups in total. The van der Waals surface area contributed by atoms with Crippen LogP contribution in [0.1, 0.15) is 33.6 Å². The van der Waals surface area contributed by atoms with Gasteiger partial charge < -0.3 is 23.8 Å². The van der Waals surface area contributed by atoms with Crippen LogP contribution in [0, 0.1) is 0 Å². The molecule has 0 unspecified atom stereocenters. The highest BCUT2D eigenvalue weighted by atomic mass is 32.2. The molecule has 1 fully saturated rings. The van der Waals surface area contributed by atoms with Crippen LogP contribution in [0.25, 0.3) is 0 Å². The maximum Gasteiger partial charge on any atom is 0.410 e. The largest absolute Gasteiger partial charge is 0.490 e. The molecule has 0 bridgehead atoms. The lowest BCUT2D eigenvalue weighted by Gasteiger charge is -2.33. The summed E-state index contributed by atoms with van der Waals surface area (Å²) in [6, 6.07) is 14.1. The number of rotatable bonds is 4. The predicted octanol–water partition coefficient (Wildman–Crippen LogP) is 5.34. The summed E-state index contributed by atoms with van der Waals surface area (Å²) in [5.41, 5.74) is -0.467. The molecule has 2 aromatic carbocycles. The van der Waals surface area contributed by atoms with Gasteiger partial charge in [-0.2, -0.15) is 0 Å². The van der Waals surface area contributed by atoms with E-state index in [4.69, 9.17) is 18.9 Å². The quantitative estimate of drug-likeness (QED) is 0.653. The molecule has 0 radical (unpaired) electrons. The van der Waals surface area contributed by atoms with Gasteiger partial charge in [-0.25, -0.2) is 4.79 Å². The molecule has 1 amide bonds. The number of hydrogen-bond donors (Lipinski definition) is 0. The molecule has 0 saturated carbocycles. The van der Waals surface area contributed by atoms with E-state index in [-0.39, 0.29) is 19.0 Å². The lowest BCUT2D eigenvalue weighted by Crippen LogP contribution is -2.44. The van der Waals surface area contributed by atoms with Crippen LogP contribution in [0.4, 0.5) is 4.79 Å². The summed E-state index contributed by atoms with van der Waals surface area (Å²) in [5, 5.41) is 0. The molecule has 0 atom stereocenters. The molecule has 4 rings (SSSR count). The predicted molar refractivity (Wildman–Crippen MR) is 115 cm³/mol. The summed E-state index contributed by atoms with van der Waals surface area (Å²) in [4.78, 5) is 16.2. The zero-order chi connectivity index (χ0) is 21.1. The molecule has 0 aromatic heterocycles. The number of carbonyl (C=O) groups excluding carboxylic acids is 1. The van der Waals surface area contributed by atoms with Crippen molar-refractivity contribution in [1.29, 1.82) is 0 Å². The summed E-state index contributed by atoms with van der Waals surface area (Å²) < 4.78 is 22.4. The fourth-order valence-corrected chi connectivity index (χ4v) is 4.18. The average molecular weight is 430 g/mol. The molecule has 30 heavy (non-hydrogen) atoms. The monoisotopic (exact) mass is 429 g/mol. The second-order valence-electron chi connectivity index (χ2n) is 8.37. The van der Waals surface area contributed by atoms with Gasteiger partial charge in [0.05, 0.1) is 0 Å². The van der Waals surface area contributed by atoms with Crippen molar-refractivity contribution in [3.8, 4) is 17.2 Å². The van der Waals surface area contributed by atoms with Gasteiger partial charge in [-0.1, -0.05) is 11.8 Å². The number of carbonyl (C=O) groups is 1. The highest BCUT2D eigenvalue weighted by molar-refractivity contribution is 7.99. The second kappa shape index (κ2) is 8.68. The van der Waals surface area contributed by atoms with Gasteiger partial charge in [0, 0.05) is 35.7 Å². The number of amides is 1. The van der Waals surface area contributed by atoms with Crippen molar-refractivity contribution in [2.45, 2.75) is 55.1 Å². The van der Waals surface area contributed by atoms with Gasteiger partial charge in [-0.15, -0.1) is 0 Å².